The van der Waals surface area contributed by atoms with Crippen molar-refractivity contribution < 1.29 is 4.39 Å². The smallest absolute Gasteiger partial charge is 0.124 e. The van der Waals surface area contributed by atoms with Crippen LogP contribution in [0.3, 0.4) is 0 Å². The monoisotopic (exact) mass is 385 g/mol. The van der Waals surface area contributed by atoms with Crippen molar-refractivity contribution in [2.45, 2.75) is 19.5 Å². The molecule has 0 aliphatic heterocycles. The molecular formula is C15H14Br2FN. The standard InChI is InChI=1S/C15H14Br2FN/c1-10(12-3-2-4-13(16)7-12)19-9-11-5-14(17)8-15(18)6-11/h2-8,10,19H,9H2,1H3. The van der Waals surface area contributed by atoms with E-state index in [9.17, 15) is 4.39 Å². The van der Waals surface area contributed by atoms with E-state index in [0.29, 0.717) is 6.54 Å². The zero-order valence-corrected chi connectivity index (χ0v) is 13.6. The summed E-state index contributed by atoms with van der Waals surface area (Å²) in [4.78, 5) is 0. The van der Waals surface area contributed by atoms with Crippen molar-refractivity contribution in [2.24, 2.45) is 0 Å². The van der Waals surface area contributed by atoms with E-state index in [0.717, 1.165) is 14.5 Å². The Labute approximate surface area is 129 Å². The molecule has 0 heterocycles. The Bertz CT molecular complexity index is 552. The minimum atomic E-state index is -0.221. The van der Waals surface area contributed by atoms with Crippen LogP contribution in [0.5, 0.6) is 0 Å². The molecule has 0 saturated carbocycles. The SMILES string of the molecule is CC(NCc1cc(F)cc(Br)c1)c1cccc(Br)c1. The maximum absolute atomic E-state index is 13.3. The fourth-order valence-corrected chi connectivity index (χ4v) is 2.81. The first-order valence-electron chi connectivity index (χ1n) is 5.98. The van der Waals surface area contributed by atoms with Gasteiger partial charge >= 0.3 is 0 Å². The summed E-state index contributed by atoms with van der Waals surface area (Å²) >= 11 is 6.76. The van der Waals surface area contributed by atoms with Crippen LogP contribution in [0.2, 0.25) is 0 Å². The van der Waals surface area contributed by atoms with E-state index in [1.54, 1.807) is 6.07 Å². The molecule has 1 unspecified atom stereocenters. The summed E-state index contributed by atoms with van der Waals surface area (Å²) in [5.41, 5.74) is 2.12. The maximum atomic E-state index is 13.3. The second-order valence-electron chi connectivity index (χ2n) is 4.44. The molecule has 2 aromatic carbocycles. The van der Waals surface area contributed by atoms with Gasteiger partial charge in [-0.1, -0.05) is 44.0 Å². The molecule has 19 heavy (non-hydrogen) atoms. The third-order valence-electron chi connectivity index (χ3n) is 2.88. The molecule has 0 radical (unpaired) electrons. The van der Waals surface area contributed by atoms with E-state index in [1.807, 2.05) is 18.2 Å². The third-order valence-corrected chi connectivity index (χ3v) is 3.83. The Morgan fingerprint density at radius 2 is 1.89 bits per heavy atom. The number of rotatable bonds is 4. The summed E-state index contributed by atoms with van der Waals surface area (Å²) in [7, 11) is 0. The Morgan fingerprint density at radius 1 is 1.11 bits per heavy atom. The van der Waals surface area contributed by atoms with Crippen molar-refractivity contribution in [3.63, 3.8) is 0 Å². The first kappa shape index (κ1) is 14.7. The molecule has 0 aromatic heterocycles. The summed E-state index contributed by atoms with van der Waals surface area (Å²) in [5.74, 6) is -0.221. The fourth-order valence-electron chi connectivity index (χ4n) is 1.88. The van der Waals surface area contributed by atoms with Gasteiger partial charge in [0.2, 0.25) is 0 Å². The molecule has 0 amide bonds. The molecule has 0 aliphatic rings. The van der Waals surface area contributed by atoms with Crippen LogP contribution in [-0.2, 0) is 6.54 Å². The van der Waals surface area contributed by atoms with Crippen molar-refractivity contribution in [1.82, 2.24) is 5.32 Å². The quantitative estimate of drug-likeness (QED) is 0.761. The largest absolute Gasteiger partial charge is 0.306 e. The molecule has 100 valence electrons. The van der Waals surface area contributed by atoms with Crippen LogP contribution in [-0.4, -0.2) is 0 Å². The maximum Gasteiger partial charge on any atom is 0.124 e. The predicted molar refractivity (Wildman–Crippen MR) is 83.5 cm³/mol. The van der Waals surface area contributed by atoms with E-state index in [-0.39, 0.29) is 11.9 Å². The topological polar surface area (TPSA) is 12.0 Å². The van der Waals surface area contributed by atoms with Gasteiger partial charge in [0.1, 0.15) is 5.82 Å². The van der Waals surface area contributed by atoms with Crippen molar-refractivity contribution in [3.05, 3.63) is 68.4 Å². The van der Waals surface area contributed by atoms with Crippen LogP contribution in [0.25, 0.3) is 0 Å². The van der Waals surface area contributed by atoms with Gasteiger partial charge in [0, 0.05) is 21.5 Å². The lowest BCUT2D eigenvalue weighted by Crippen LogP contribution is -2.18. The second-order valence-corrected chi connectivity index (χ2v) is 6.27. The van der Waals surface area contributed by atoms with Crippen molar-refractivity contribution >= 4 is 31.9 Å². The number of halogens is 3. The van der Waals surface area contributed by atoms with Gasteiger partial charge in [-0.3, -0.25) is 0 Å². The van der Waals surface area contributed by atoms with E-state index >= 15 is 0 Å². The Hall–Kier alpha value is -0.710. The van der Waals surface area contributed by atoms with E-state index < -0.39 is 0 Å². The summed E-state index contributed by atoms with van der Waals surface area (Å²) < 4.78 is 15.1. The first-order valence-corrected chi connectivity index (χ1v) is 7.57. The highest BCUT2D eigenvalue weighted by molar-refractivity contribution is 9.10. The third kappa shape index (κ3) is 4.41. The molecule has 0 saturated heterocycles. The van der Waals surface area contributed by atoms with Gasteiger partial charge in [-0.05, 0) is 48.4 Å². The lowest BCUT2D eigenvalue weighted by Gasteiger charge is -2.15. The van der Waals surface area contributed by atoms with Gasteiger partial charge in [0.15, 0.2) is 0 Å². The molecule has 0 fully saturated rings. The highest BCUT2D eigenvalue weighted by atomic mass is 79.9. The molecule has 2 aromatic rings. The normalized spacial score (nSPS) is 12.4. The van der Waals surface area contributed by atoms with Crippen LogP contribution in [0.1, 0.15) is 24.1 Å². The highest BCUT2D eigenvalue weighted by Crippen LogP contribution is 2.19. The van der Waals surface area contributed by atoms with Crippen molar-refractivity contribution in [1.29, 1.82) is 0 Å². The van der Waals surface area contributed by atoms with Gasteiger partial charge < -0.3 is 5.32 Å². The van der Waals surface area contributed by atoms with Crippen molar-refractivity contribution in [2.75, 3.05) is 0 Å². The molecule has 0 spiro atoms. The van der Waals surface area contributed by atoms with Crippen LogP contribution in [0.15, 0.2) is 51.4 Å². The summed E-state index contributed by atoms with van der Waals surface area (Å²) in [6.07, 6.45) is 0. The molecule has 1 atom stereocenters. The zero-order valence-electron chi connectivity index (χ0n) is 10.5. The van der Waals surface area contributed by atoms with Gasteiger partial charge in [-0.2, -0.15) is 0 Å². The predicted octanol–water partition coefficient (Wildman–Crippen LogP) is 5.20. The second kappa shape index (κ2) is 6.64. The minimum absolute atomic E-state index is 0.208. The first-order chi connectivity index (χ1) is 9.04. The van der Waals surface area contributed by atoms with Crippen LogP contribution >= 0.6 is 31.9 Å². The van der Waals surface area contributed by atoms with Crippen molar-refractivity contribution in [3.8, 4) is 0 Å². The van der Waals surface area contributed by atoms with Gasteiger partial charge in [0.25, 0.3) is 0 Å². The van der Waals surface area contributed by atoms with Gasteiger partial charge in [-0.15, -0.1) is 0 Å². The number of hydrogen-bond donors (Lipinski definition) is 1. The zero-order chi connectivity index (χ0) is 13.8. The molecule has 1 nitrogen and oxygen atoms in total. The lowest BCUT2D eigenvalue weighted by atomic mass is 10.1. The number of nitrogens with one attached hydrogen (secondary N) is 1. The van der Waals surface area contributed by atoms with Gasteiger partial charge in [-0.25, -0.2) is 4.39 Å². The average molecular weight is 387 g/mol. The Morgan fingerprint density at radius 3 is 2.58 bits per heavy atom. The molecule has 4 heteroatoms. The fraction of sp³-hybridized carbons (Fsp3) is 0.200. The highest BCUT2D eigenvalue weighted by Gasteiger charge is 2.06. The lowest BCUT2D eigenvalue weighted by molar-refractivity contribution is 0.569. The van der Waals surface area contributed by atoms with Gasteiger partial charge in [0.05, 0.1) is 0 Å². The van der Waals surface area contributed by atoms with E-state index in [1.165, 1.54) is 11.6 Å². The molecule has 0 aliphatic carbocycles. The van der Waals surface area contributed by atoms with Crippen LogP contribution in [0, 0.1) is 5.82 Å². The average Bonchev–Trinajstić information content (AvgIpc) is 2.35. The summed E-state index contributed by atoms with van der Waals surface area (Å²) in [5, 5.41) is 3.39. The Balaban J connectivity index is 2.02. The van der Waals surface area contributed by atoms with Crippen LogP contribution < -0.4 is 5.32 Å². The molecular weight excluding hydrogens is 373 g/mol. The number of hydrogen-bond acceptors (Lipinski definition) is 1. The van der Waals surface area contributed by atoms with E-state index in [4.69, 9.17) is 0 Å². The Kier molecular flexibility index (Phi) is 5.13. The van der Waals surface area contributed by atoms with Crippen LogP contribution in [0.4, 0.5) is 4.39 Å². The molecule has 2 rings (SSSR count). The molecule has 0 bridgehead atoms. The minimum Gasteiger partial charge on any atom is -0.306 e. The van der Waals surface area contributed by atoms with E-state index in [2.05, 4.69) is 56.2 Å². The number of benzene rings is 2. The molecule has 1 N–H and O–H groups in total. The summed E-state index contributed by atoms with van der Waals surface area (Å²) in [6.45, 7) is 2.72. The summed E-state index contributed by atoms with van der Waals surface area (Å²) in [6, 6.07) is 13.3.